The predicted molar refractivity (Wildman–Crippen MR) is 117 cm³/mol. The number of furan rings is 1. The van der Waals surface area contributed by atoms with Crippen molar-refractivity contribution in [2.45, 2.75) is 11.4 Å². The molecular weight excluding hydrogens is 418 g/mol. The SMILES string of the molecule is O=C(Nc1ccc(N2CCOCC2)cc1)c1ccc(S(=O)(=O)NCc2ccco2)cc1. The number of carbonyl (C=O) groups excluding carboxylic acids is 1. The lowest BCUT2D eigenvalue weighted by Gasteiger charge is -2.28. The third kappa shape index (κ3) is 5.32. The van der Waals surface area contributed by atoms with Gasteiger partial charge in [0.15, 0.2) is 0 Å². The smallest absolute Gasteiger partial charge is 0.255 e. The quantitative estimate of drug-likeness (QED) is 0.585. The largest absolute Gasteiger partial charge is 0.468 e. The fourth-order valence-corrected chi connectivity index (χ4v) is 4.22. The highest BCUT2D eigenvalue weighted by Crippen LogP contribution is 2.20. The number of sulfonamides is 1. The van der Waals surface area contributed by atoms with E-state index >= 15 is 0 Å². The number of benzene rings is 2. The monoisotopic (exact) mass is 441 g/mol. The minimum atomic E-state index is -3.71. The maximum absolute atomic E-state index is 12.5. The summed E-state index contributed by atoms with van der Waals surface area (Å²) in [5.41, 5.74) is 2.11. The second-order valence-corrected chi connectivity index (χ2v) is 8.80. The normalized spacial score (nSPS) is 14.4. The van der Waals surface area contributed by atoms with E-state index < -0.39 is 10.0 Å². The number of carbonyl (C=O) groups is 1. The molecule has 0 unspecified atom stereocenters. The van der Waals surface area contributed by atoms with Gasteiger partial charge in [-0.05, 0) is 60.7 Å². The van der Waals surface area contributed by atoms with Crippen molar-refractivity contribution < 1.29 is 22.4 Å². The van der Waals surface area contributed by atoms with Gasteiger partial charge in [-0.3, -0.25) is 4.79 Å². The summed E-state index contributed by atoms with van der Waals surface area (Å²) in [5.74, 6) is 0.200. The maximum Gasteiger partial charge on any atom is 0.255 e. The van der Waals surface area contributed by atoms with Crippen LogP contribution in [0.25, 0.3) is 0 Å². The summed E-state index contributed by atoms with van der Waals surface area (Å²) in [6, 6.07) is 16.8. The van der Waals surface area contributed by atoms with E-state index in [1.54, 1.807) is 12.1 Å². The molecule has 9 heteroatoms. The molecule has 0 bridgehead atoms. The van der Waals surface area contributed by atoms with E-state index in [2.05, 4.69) is 14.9 Å². The van der Waals surface area contributed by atoms with Gasteiger partial charge >= 0.3 is 0 Å². The van der Waals surface area contributed by atoms with Crippen molar-refractivity contribution in [3.63, 3.8) is 0 Å². The Morgan fingerprint density at radius 2 is 1.68 bits per heavy atom. The molecule has 0 radical (unpaired) electrons. The van der Waals surface area contributed by atoms with E-state index in [9.17, 15) is 13.2 Å². The molecule has 1 fully saturated rings. The van der Waals surface area contributed by atoms with Crippen molar-refractivity contribution in [1.29, 1.82) is 0 Å². The number of amides is 1. The predicted octanol–water partition coefficient (Wildman–Crippen LogP) is 2.85. The fourth-order valence-electron chi connectivity index (χ4n) is 3.23. The summed E-state index contributed by atoms with van der Waals surface area (Å²) in [6.07, 6.45) is 1.48. The molecular formula is C22H23N3O5S. The highest BCUT2D eigenvalue weighted by atomic mass is 32.2. The highest BCUT2D eigenvalue weighted by molar-refractivity contribution is 7.89. The van der Waals surface area contributed by atoms with Gasteiger partial charge in [0.1, 0.15) is 5.76 Å². The molecule has 0 saturated carbocycles. The molecule has 0 aliphatic carbocycles. The van der Waals surface area contributed by atoms with Crippen molar-refractivity contribution in [3.8, 4) is 0 Å². The van der Waals surface area contributed by atoms with E-state index in [4.69, 9.17) is 9.15 Å². The van der Waals surface area contributed by atoms with Crippen LogP contribution in [-0.4, -0.2) is 40.6 Å². The first-order valence-corrected chi connectivity index (χ1v) is 11.4. The van der Waals surface area contributed by atoms with Gasteiger partial charge in [-0.25, -0.2) is 13.1 Å². The Morgan fingerprint density at radius 1 is 0.968 bits per heavy atom. The summed E-state index contributed by atoms with van der Waals surface area (Å²) in [7, 11) is -3.71. The number of ether oxygens (including phenoxy) is 1. The lowest BCUT2D eigenvalue weighted by molar-refractivity contribution is 0.102. The van der Waals surface area contributed by atoms with Crippen LogP contribution in [0.4, 0.5) is 11.4 Å². The van der Waals surface area contributed by atoms with Crippen LogP contribution in [0.5, 0.6) is 0 Å². The molecule has 31 heavy (non-hydrogen) atoms. The first kappa shape index (κ1) is 21.1. The summed E-state index contributed by atoms with van der Waals surface area (Å²) in [5, 5.41) is 2.83. The van der Waals surface area contributed by atoms with Crippen LogP contribution in [0.15, 0.2) is 76.2 Å². The van der Waals surface area contributed by atoms with Crippen LogP contribution < -0.4 is 14.9 Å². The van der Waals surface area contributed by atoms with E-state index in [-0.39, 0.29) is 17.3 Å². The average molecular weight is 442 g/mol. The molecule has 0 atom stereocenters. The van der Waals surface area contributed by atoms with E-state index in [0.717, 1.165) is 18.8 Å². The topological polar surface area (TPSA) is 101 Å². The molecule has 8 nitrogen and oxygen atoms in total. The van der Waals surface area contributed by atoms with Crippen molar-refractivity contribution in [1.82, 2.24) is 4.72 Å². The summed E-state index contributed by atoms with van der Waals surface area (Å²) < 4.78 is 37.7. The zero-order chi connectivity index (χ0) is 21.7. The van der Waals surface area contributed by atoms with Gasteiger partial charge in [0, 0.05) is 30.0 Å². The lowest BCUT2D eigenvalue weighted by Crippen LogP contribution is -2.36. The molecule has 1 aliphatic heterocycles. The van der Waals surface area contributed by atoms with E-state index in [1.807, 2.05) is 24.3 Å². The van der Waals surface area contributed by atoms with E-state index in [0.29, 0.717) is 30.2 Å². The molecule has 2 heterocycles. The molecule has 2 aromatic carbocycles. The Hall–Kier alpha value is -3.14. The molecule has 3 aromatic rings. The molecule has 1 saturated heterocycles. The van der Waals surface area contributed by atoms with Crippen LogP contribution in [-0.2, 0) is 21.3 Å². The molecule has 1 aromatic heterocycles. The minimum absolute atomic E-state index is 0.0536. The van der Waals surface area contributed by atoms with Crippen molar-refractivity contribution >= 4 is 27.3 Å². The maximum atomic E-state index is 12.5. The van der Waals surface area contributed by atoms with Crippen molar-refractivity contribution in [2.75, 3.05) is 36.5 Å². The summed E-state index contributed by atoms with van der Waals surface area (Å²) in [6.45, 7) is 3.16. The number of anilines is 2. The second kappa shape index (κ2) is 9.34. The minimum Gasteiger partial charge on any atom is -0.468 e. The molecule has 1 aliphatic rings. The Labute approximate surface area is 180 Å². The Kier molecular flexibility index (Phi) is 6.36. The van der Waals surface area contributed by atoms with Gasteiger partial charge in [0.25, 0.3) is 5.91 Å². The van der Waals surface area contributed by atoms with Gasteiger partial charge in [0.05, 0.1) is 30.9 Å². The van der Waals surface area contributed by atoms with Crippen molar-refractivity contribution in [3.05, 3.63) is 78.3 Å². The van der Waals surface area contributed by atoms with Crippen LogP contribution in [0, 0.1) is 0 Å². The number of nitrogens with zero attached hydrogens (tertiary/aromatic N) is 1. The average Bonchev–Trinajstić information content (AvgIpc) is 3.33. The van der Waals surface area contributed by atoms with Crippen LogP contribution in [0.2, 0.25) is 0 Å². The second-order valence-electron chi connectivity index (χ2n) is 7.03. The standard InChI is InChI=1S/C22H23N3O5S/c26-22(24-18-5-7-19(8-6-18)25-11-14-29-15-12-25)17-3-9-21(10-4-17)31(27,28)23-16-20-2-1-13-30-20/h1-10,13,23H,11-12,14-16H2,(H,24,26). The first-order chi connectivity index (χ1) is 15.0. The third-order valence-corrected chi connectivity index (χ3v) is 6.36. The van der Waals surface area contributed by atoms with Crippen molar-refractivity contribution in [2.24, 2.45) is 0 Å². The van der Waals surface area contributed by atoms with Crippen LogP contribution in [0.3, 0.4) is 0 Å². The molecule has 0 spiro atoms. The molecule has 162 valence electrons. The van der Waals surface area contributed by atoms with Gasteiger partial charge in [0.2, 0.25) is 10.0 Å². The zero-order valence-electron chi connectivity index (χ0n) is 16.8. The van der Waals surface area contributed by atoms with Gasteiger partial charge in [-0.1, -0.05) is 0 Å². The zero-order valence-corrected chi connectivity index (χ0v) is 17.6. The number of hydrogen-bond acceptors (Lipinski definition) is 6. The first-order valence-electron chi connectivity index (χ1n) is 9.87. The number of nitrogens with one attached hydrogen (secondary N) is 2. The Bertz CT molecular complexity index is 1100. The lowest BCUT2D eigenvalue weighted by atomic mass is 10.2. The van der Waals surface area contributed by atoms with Crippen LogP contribution in [0.1, 0.15) is 16.1 Å². The number of morpholine rings is 1. The fraction of sp³-hybridized carbons (Fsp3) is 0.227. The highest BCUT2D eigenvalue weighted by Gasteiger charge is 2.16. The van der Waals surface area contributed by atoms with Gasteiger partial charge in [-0.15, -0.1) is 0 Å². The molecule has 4 rings (SSSR count). The molecule has 1 amide bonds. The Balaban J connectivity index is 1.36. The van der Waals surface area contributed by atoms with Gasteiger partial charge < -0.3 is 19.4 Å². The summed E-state index contributed by atoms with van der Waals surface area (Å²) >= 11 is 0. The van der Waals surface area contributed by atoms with Crippen LogP contribution >= 0.6 is 0 Å². The number of rotatable bonds is 7. The molecule has 2 N–H and O–H groups in total. The third-order valence-electron chi connectivity index (χ3n) is 4.94. The van der Waals surface area contributed by atoms with E-state index in [1.165, 1.54) is 30.5 Å². The Morgan fingerprint density at radius 3 is 2.32 bits per heavy atom. The van der Waals surface area contributed by atoms with Gasteiger partial charge in [-0.2, -0.15) is 0 Å². The summed E-state index contributed by atoms with van der Waals surface area (Å²) in [4.78, 5) is 14.8. The number of hydrogen-bond donors (Lipinski definition) is 2.